The first kappa shape index (κ1) is 19.8. The van der Waals surface area contributed by atoms with E-state index in [2.05, 4.69) is 35.7 Å². The number of hydrogen-bond donors (Lipinski definition) is 1. The minimum Gasteiger partial charge on any atom is -0.455 e. The number of thioether (sulfide) groups is 1. The molecule has 0 bridgehead atoms. The molecule has 0 spiro atoms. The van der Waals surface area contributed by atoms with Crippen LogP contribution < -0.4 is 5.32 Å². The molecule has 0 fully saturated rings. The van der Waals surface area contributed by atoms with E-state index in [1.54, 1.807) is 17.8 Å². The molecule has 1 N–H and O–H groups in total. The fraction of sp³-hybridized carbons (Fsp3) is 0.0385. The number of benzene rings is 3. The Morgan fingerprint density at radius 3 is 2.10 bits per heavy atom. The van der Waals surface area contributed by atoms with E-state index < -0.39 is 0 Å². The Bertz CT molecular complexity index is 1120. The lowest BCUT2D eigenvalue weighted by molar-refractivity contribution is 0.0995. The van der Waals surface area contributed by atoms with Gasteiger partial charge in [0.1, 0.15) is 5.76 Å². The zero-order valence-corrected chi connectivity index (χ0v) is 17.1. The standard InChI is InChI=1S/C26H21NO2S/c28-26(25-18-17-23(29-25)19-30-24-9-5-2-6-10-24)27-22-15-13-21(14-16-22)12-11-20-7-3-1-4-8-20/h1-18H,19H2,(H,27,28)/b12-11+. The number of nitrogens with one attached hydrogen (secondary N) is 1. The molecule has 4 rings (SSSR count). The SMILES string of the molecule is O=C(Nc1ccc(/C=C/c2ccccc2)cc1)c1ccc(CSc2ccccc2)o1. The fourth-order valence-electron chi connectivity index (χ4n) is 2.88. The van der Waals surface area contributed by atoms with Gasteiger partial charge in [-0.3, -0.25) is 4.79 Å². The van der Waals surface area contributed by atoms with Crippen molar-refractivity contribution < 1.29 is 9.21 Å². The number of carbonyl (C=O) groups excluding carboxylic acids is 1. The maximum absolute atomic E-state index is 12.5. The second kappa shape index (κ2) is 9.81. The van der Waals surface area contributed by atoms with Crippen molar-refractivity contribution in [3.8, 4) is 0 Å². The van der Waals surface area contributed by atoms with Gasteiger partial charge in [0.2, 0.25) is 0 Å². The zero-order valence-electron chi connectivity index (χ0n) is 16.3. The summed E-state index contributed by atoms with van der Waals surface area (Å²) in [6.07, 6.45) is 4.11. The normalized spacial score (nSPS) is 10.9. The van der Waals surface area contributed by atoms with Crippen LogP contribution in [0.25, 0.3) is 12.2 Å². The highest BCUT2D eigenvalue weighted by molar-refractivity contribution is 7.98. The van der Waals surface area contributed by atoms with Crippen molar-refractivity contribution in [2.75, 3.05) is 5.32 Å². The largest absolute Gasteiger partial charge is 0.455 e. The highest BCUT2D eigenvalue weighted by Crippen LogP contribution is 2.24. The van der Waals surface area contributed by atoms with Crippen molar-refractivity contribution in [1.82, 2.24) is 0 Å². The van der Waals surface area contributed by atoms with Crippen molar-refractivity contribution in [2.24, 2.45) is 0 Å². The van der Waals surface area contributed by atoms with Gasteiger partial charge in [-0.2, -0.15) is 0 Å². The zero-order chi connectivity index (χ0) is 20.6. The first-order chi connectivity index (χ1) is 14.8. The number of amides is 1. The number of anilines is 1. The van der Waals surface area contributed by atoms with Crippen molar-refractivity contribution in [3.05, 3.63) is 120 Å². The Hall–Kier alpha value is -3.50. The first-order valence-corrected chi connectivity index (χ1v) is 10.7. The van der Waals surface area contributed by atoms with Gasteiger partial charge >= 0.3 is 0 Å². The molecule has 0 radical (unpaired) electrons. The van der Waals surface area contributed by atoms with Gasteiger partial charge in [0.05, 0.1) is 5.75 Å². The molecule has 4 heteroatoms. The summed E-state index contributed by atoms with van der Waals surface area (Å²) in [5, 5.41) is 2.88. The maximum Gasteiger partial charge on any atom is 0.291 e. The summed E-state index contributed by atoms with van der Waals surface area (Å²) in [6, 6.07) is 31.5. The highest BCUT2D eigenvalue weighted by atomic mass is 32.2. The van der Waals surface area contributed by atoms with Gasteiger partial charge in [-0.05, 0) is 47.5 Å². The van der Waals surface area contributed by atoms with Crippen LogP contribution in [-0.4, -0.2) is 5.91 Å². The maximum atomic E-state index is 12.5. The third kappa shape index (κ3) is 5.52. The predicted molar refractivity (Wildman–Crippen MR) is 124 cm³/mol. The highest BCUT2D eigenvalue weighted by Gasteiger charge is 2.11. The van der Waals surface area contributed by atoms with E-state index in [0.717, 1.165) is 22.6 Å². The van der Waals surface area contributed by atoms with Crippen molar-refractivity contribution in [1.29, 1.82) is 0 Å². The molecule has 148 valence electrons. The predicted octanol–water partition coefficient (Wildman–Crippen LogP) is 6.99. The summed E-state index contributed by atoms with van der Waals surface area (Å²) in [5.74, 6) is 1.51. The molecule has 30 heavy (non-hydrogen) atoms. The van der Waals surface area contributed by atoms with Crippen LogP contribution in [0.1, 0.15) is 27.4 Å². The Kier molecular flexibility index (Phi) is 6.47. The van der Waals surface area contributed by atoms with Crippen molar-refractivity contribution in [2.45, 2.75) is 10.6 Å². The van der Waals surface area contributed by atoms with Gasteiger partial charge < -0.3 is 9.73 Å². The minimum atomic E-state index is -0.251. The first-order valence-electron chi connectivity index (χ1n) is 9.67. The Morgan fingerprint density at radius 1 is 0.767 bits per heavy atom. The molecule has 0 aliphatic rings. The molecule has 1 heterocycles. The molecule has 0 aliphatic heterocycles. The number of rotatable bonds is 7. The summed E-state index contributed by atoms with van der Waals surface area (Å²) in [7, 11) is 0. The second-order valence-electron chi connectivity index (χ2n) is 6.69. The van der Waals surface area contributed by atoms with Crippen LogP contribution in [0.15, 0.2) is 106 Å². The van der Waals surface area contributed by atoms with Gasteiger partial charge in [-0.15, -0.1) is 11.8 Å². The van der Waals surface area contributed by atoms with E-state index in [0.29, 0.717) is 11.5 Å². The van der Waals surface area contributed by atoms with E-state index in [-0.39, 0.29) is 5.91 Å². The molecule has 0 aliphatic carbocycles. The third-order valence-corrected chi connectivity index (χ3v) is 5.48. The van der Waals surface area contributed by atoms with Crippen LogP contribution >= 0.6 is 11.8 Å². The monoisotopic (exact) mass is 411 g/mol. The molecule has 1 amide bonds. The van der Waals surface area contributed by atoms with Gasteiger partial charge in [-0.25, -0.2) is 0 Å². The van der Waals surface area contributed by atoms with Crippen LogP contribution in [0.2, 0.25) is 0 Å². The Balaban J connectivity index is 1.32. The molecule has 0 unspecified atom stereocenters. The lowest BCUT2D eigenvalue weighted by atomic mass is 10.1. The van der Waals surface area contributed by atoms with Gasteiger partial charge in [-0.1, -0.05) is 72.8 Å². The average molecular weight is 412 g/mol. The molecule has 3 nitrogen and oxygen atoms in total. The summed E-state index contributed by atoms with van der Waals surface area (Å²) in [5.41, 5.74) is 2.94. The van der Waals surface area contributed by atoms with Crippen molar-refractivity contribution in [3.63, 3.8) is 0 Å². The summed E-state index contributed by atoms with van der Waals surface area (Å²) in [4.78, 5) is 13.6. The topological polar surface area (TPSA) is 42.2 Å². The smallest absolute Gasteiger partial charge is 0.291 e. The van der Waals surface area contributed by atoms with Crippen LogP contribution in [0.3, 0.4) is 0 Å². The summed E-state index contributed by atoms with van der Waals surface area (Å²) < 4.78 is 5.71. The number of carbonyl (C=O) groups is 1. The molecule has 3 aromatic carbocycles. The number of hydrogen-bond acceptors (Lipinski definition) is 3. The van der Waals surface area contributed by atoms with E-state index in [4.69, 9.17) is 4.42 Å². The minimum absolute atomic E-state index is 0.251. The molecule has 0 saturated heterocycles. The van der Waals surface area contributed by atoms with Crippen LogP contribution in [0.4, 0.5) is 5.69 Å². The molecular formula is C26H21NO2S. The molecule has 4 aromatic rings. The second-order valence-corrected chi connectivity index (χ2v) is 7.74. The molecule has 0 saturated carbocycles. The van der Waals surface area contributed by atoms with Gasteiger partial charge in [0.25, 0.3) is 5.91 Å². The number of furan rings is 1. The molecule has 1 aromatic heterocycles. The van der Waals surface area contributed by atoms with Crippen LogP contribution in [-0.2, 0) is 5.75 Å². The third-order valence-electron chi connectivity index (χ3n) is 4.45. The summed E-state index contributed by atoms with van der Waals surface area (Å²) in [6.45, 7) is 0. The van der Waals surface area contributed by atoms with Gasteiger partial charge in [0.15, 0.2) is 5.76 Å². The van der Waals surface area contributed by atoms with E-state index >= 15 is 0 Å². The Morgan fingerprint density at radius 2 is 1.40 bits per heavy atom. The fourth-order valence-corrected chi connectivity index (χ4v) is 3.69. The lowest BCUT2D eigenvalue weighted by Gasteiger charge is -2.04. The van der Waals surface area contributed by atoms with Crippen LogP contribution in [0, 0.1) is 0 Å². The summed E-state index contributed by atoms with van der Waals surface area (Å²) >= 11 is 1.68. The quantitative estimate of drug-likeness (QED) is 0.263. The Labute approximate surface area is 180 Å². The molecular weight excluding hydrogens is 390 g/mol. The van der Waals surface area contributed by atoms with E-state index in [9.17, 15) is 4.79 Å². The lowest BCUT2D eigenvalue weighted by Crippen LogP contribution is -2.10. The van der Waals surface area contributed by atoms with Gasteiger partial charge in [0, 0.05) is 10.6 Å². The van der Waals surface area contributed by atoms with Crippen molar-refractivity contribution >= 4 is 35.5 Å². The van der Waals surface area contributed by atoms with E-state index in [1.807, 2.05) is 72.8 Å². The molecule has 0 atom stereocenters. The van der Waals surface area contributed by atoms with Crippen LogP contribution in [0.5, 0.6) is 0 Å². The van der Waals surface area contributed by atoms with E-state index in [1.165, 1.54) is 4.90 Å². The average Bonchev–Trinajstić information content (AvgIpc) is 3.28.